The number of nitrogens with one attached hydrogen (secondary N) is 5. The summed E-state index contributed by atoms with van der Waals surface area (Å²) in [4.78, 5) is 112. The van der Waals surface area contributed by atoms with E-state index in [-0.39, 0.29) is 70.1 Å². The van der Waals surface area contributed by atoms with Gasteiger partial charge >= 0.3 is 7.82 Å². The van der Waals surface area contributed by atoms with Gasteiger partial charge in [0.1, 0.15) is 24.4 Å². The molecule has 0 spiro atoms. The molecule has 7 heterocycles. The third kappa shape index (κ3) is 13.2. The first-order valence-corrected chi connectivity index (χ1v) is 32.4. The largest absolute Gasteiger partial charge is 0.473 e. The number of H-pyrrole nitrogens is 1. The summed E-state index contributed by atoms with van der Waals surface area (Å²) in [7, 11) is -5.10. The number of allylic oxidation sites excluding steroid dienone is 3. The second-order valence-electron chi connectivity index (χ2n) is 27.7. The van der Waals surface area contributed by atoms with E-state index in [0.717, 1.165) is 28.4 Å². The van der Waals surface area contributed by atoms with Gasteiger partial charge in [-0.1, -0.05) is 34.6 Å². The van der Waals surface area contributed by atoms with Crippen LogP contribution in [0.5, 0.6) is 0 Å². The summed E-state index contributed by atoms with van der Waals surface area (Å²) in [6.45, 7) is 20.3. The Labute approximate surface area is 524 Å². The number of aliphatic hydroxyl groups excluding tert-OH is 2. The number of imidazole rings is 1. The number of ether oxygens (including phenoxy) is 1. The Morgan fingerprint density at radius 3 is 1.98 bits per heavy atom. The van der Waals surface area contributed by atoms with Crippen molar-refractivity contribution in [2.75, 3.05) is 6.61 Å². The first-order valence-electron chi connectivity index (χ1n) is 31.0. The predicted molar refractivity (Wildman–Crippen MR) is 331 cm³/mol. The summed E-state index contributed by atoms with van der Waals surface area (Å²) in [6.07, 6.45) is -2.40. The Morgan fingerprint density at radius 1 is 0.778 bits per heavy atom. The van der Waals surface area contributed by atoms with Crippen LogP contribution >= 0.6 is 7.82 Å². The van der Waals surface area contributed by atoms with Crippen molar-refractivity contribution in [3.63, 3.8) is 0 Å². The molecule has 1 aromatic carbocycles. The van der Waals surface area contributed by atoms with Crippen LogP contribution in [0.2, 0.25) is 0 Å². The number of primary amides is 6. The summed E-state index contributed by atoms with van der Waals surface area (Å²) in [5.41, 5.74) is 37.8. The standard InChI is InChI=1S/C62H94N13O14P/c1-29-20-39-40(21-30(29)2)75(28-70-39)57-52(84)53(41(27-76)87-57)89-90(85,86)88-31(3)26-69-49(83)18-19-59(8)37(22-46(66)80)56-62(11)61(10,25-48(68)82)36(14-17-45(65)79)51(74-62)33(5)55-60(9,24-47(67)81)34(12-15-43(63)77)38(71-55)23-42-58(6,7)35(13-16-44(64)78)50(72-42)32(4)54(59)73-56/h20-21,23,26,28,31,34-37,41-42,50-53,56-57,71-74,76,84H,12-19,22,24-25,27H2,1-11H3,(H13,63,64,65,66,67,68,77,78,79,80,81,82,85,86)/p+1/b38-23-,54-32-,55-33-,69-26?/t31-,34-,35-,36-,37+,41-,42?,50?,51+,52-,53-,56-,57+,59-,60+,61+,62+/m1/s1. The van der Waals surface area contributed by atoms with Crippen LogP contribution in [0.4, 0.5) is 0 Å². The molecular weight excluding hydrogens is 1180 g/mol. The number of benzene rings is 1. The van der Waals surface area contributed by atoms with Gasteiger partial charge < -0.3 is 75.5 Å². The zero-order valence-corrected chi connectivity index (χ0v) is 54.4. The number of hydrogen-bond acceptors (Lipinski definition) is 17. The van der Waals surface area contributed by atoms with Crippen molar-refractivity contribution in [3.8, 4) is 0 Å². The Hall–Kier alpha value is -6.42. The van der Waals surface area contributed by atoms with Crippen molar-refractivity contribution < 1.29 is 71.6 Å². The van der Waals surface area contributed by atoms with Crippen LogP contribution in [-0.4, -0.2) is 128 Å². The maximum atomic E-state index is 14.3. The second kappa shape index (κ2) is 25.9. The van der Waals surface area contributed by atoms with Crippen molar-refractivity contribution in [2.45, 2.75) is 207 Å². The van der Waals surface area contributed by atoms with E-state index in [0.29, 0.717) is 34.6 Å². The highest BCUT2D eigenvalue weighted by atomic mass is 31.2. The molecule has 28 heteroatoms. The van der Waals surface area contributed by atoms with Crippen LogP contribution in [0.1, 0.15) is 150 Å². The molecule has 3 unspecified atom stereocenters. The summed E-state index contributed by atoms with van der Waals surface area (Å²) >= 11 is 0. The number of phosphoric ester groups is 1. The molecule has 0 aliphatic carbocycles. The molecule has 6 aliphatic rings. The number of carbonyl (C=O) groups excluding carboxylic acids is 7. The fourth-order valence-corrected chi connectivity index (χ4v) is 17.6. The number of aliphatic hydroxyl groups is 2. The lowest BCUT2D eigenvalue weighted by Gasteiger charge is -2.49. The molecule has 8 bridgehead atoms. The third-order valence-corrected chi connectivity index (χ3v) is 22.7. The number of nitrogens with two attached hydrogens (primary N) is 6. The zero-order chi connectivity index (χ0) is 66.7. The highest BCUT2D eigenvalue weighted by Gasteiger charge is 2.68. The number of hydrogen-bond donors (Lipinski definition) is 14. The molecule has 5 fully saturated rings. The Kier molecular flexibility index (Phi) is 20.0. The number of aliphatic imine (C=N–C) groups is 1. The van der Waals surface area contributed by atoms with Crippen molar-refractivity contribution >= 4 is 66.4 Å². The highest BCUT2D eigenvalue weighted by molar-refractivity contribution is 7.47. The molecule has 27 nitrogen and oxygen atoms in total. The van der Waals surface area contributed by atoms with E-state index in [1.165, 1.54) is 6.92 Å². The van der Waals surface area contributed by atoms with E-state index in [1.54, 1.807) is 10.9 Å². The molecule has 8 rings (SSSR count). The molecule has 2 aromatic rings. The molecule has 0 saturated carbocycles. The Balaban J connectivity index is 1.20. The van der Waals surface area contributed by atoms with Gasteiger partial charge in [-0.25, -0.2) is 14.5 Å². The van der Waals surface area contributed by atoms with Crippen LogP contribution in [0.3, 0.4) is 0 Å². The molecule has 20 N–H and O–H groups in total. The van der Waals surface area contributed by atoms with E-state index in [1.807, 2.05) is 67.5 Å². The molecule has 5 saturated heterocycles. The second-order valence-corrected chi connectivity index (χ2v) is 29.1. The minimum Gasteiger partial charge on any atom is -0.394 e. The smallest absolute Gasteiger partial charge is 0.394 e. The van der Waals surface area contributed by atoms with Crippen molar-refractivity contribution in [3.05, 3.63) is 63.9 Å². The maximum absolute atomic E-state index is 14.3. The lowest BCUT2D eigenvalue weighted by Crippen LogP contribution is -2.64. The molecular formula is C62H95N13O14P+. The number of aromatic amines is 1. The van der Waals surface area contributed by atoms with Crippen molar-refractivity contribution in [1.29, 1.82) is 0 Å². The van der Waals surface area contributed by atoms with E-state index in [2.05, 4.69) is 51.2 Å². The lowest BCUT2D eigenvalue weighted by atomic mass is 9.56. The first kappa shape index (κ1) is 69.5. The number of fused-ring (bicyclic) bond motifs is 10. The average Bonchev–Trinajstić information content (AvgIpc) is 1.53. The molecule has 0 radical (unpaired) electrons. The fraction of sp³-hybridized carbons (Fsp3) is 0.661. The van der Waals surface area contributed by atoms with Crippen LogP contribution in [0.15, 0.2) is 57.8 Å². The summed E-state index contributed by atoms with van der Waals surface area (Å²) in [5, 5.41) is 37.3. The molecule has 18 atom stereocenters. The highest BCUT2D eigenvalue weighted by Crippen LogP contribution is 2.62. The zero-order valence-electron chi connectivity index (χ0n) is 53.5. The van der Waals surface area contributed by atoms with Gasteiger partial charge in [-0.05, 0) is 125 Å². The number of carbonyl (C=O) groups is 7. The predicted octanol–water partition coefficient (Wildman–Crippen LogP) is 1.62. The van der Waals surface area contributed by atoms with Crippen molar-refractivity contribution in [1.82, 2.24) is 26.3 Å². The van der Waals surface area contributed by atoms with Gasteiger partial charge in [0.05, 0.1) is 6.61 Å². The van der Waals surface area contributed by atoms with Gasteiger partial charge in [-0.2, -0.15) is 4.57 Å². The minimum atomic E-state index is -5.10. The SMILES string of the molecule is C/C1=C2/N[C@H]([C@H](CC(N)=O)[C@@]2(C)CCC(=O)N=C[C@@H](C)OP(=O)(O)O[C@H]2[C@@H](O)[C@@H]([n+]3c[nH]c4cc(C)c(C)cc43)O[C@@H]2CO)[C@]2(C)N[C@@H](/C(C)=C3\N/C(=C\C4NC1[C@@H](CCC(N)=O)C4(C)C)[C@@H](CCC(N)=O)[C@]3(C)CC(N)=O)[C@@H](CCC(N)=O)[C@]2(C)CC(N)=O. The number of aromatic nitrogens is 2. The Bertz CT molecular complexity index is 3380. The van der Waals surface area contributed by atoms with E-state index in [9.17, 15) is 53.2 Å². The number of amides is 7. The normalized spacial score (nSPS) is 36.9. The van der Waals surface area contributed by atoms with Gasteiger partial charge in [0, 0.05) is 126 Å². The maximum Gasteiger partial charge on any atom is 0.473 e. The lowest BCUT2D eigenvalue weighted by molar-refractivity contribution is -0.743. The molecule has 1 aromatic heterocycles. The summed E-state index contributed by atoms with van der Waals surface area (Å²) in [6, 6.07) is 1.31. The van der Waals surface area contributed by atoms with Gasteiger partial charge in [0.2, 0.25) is 53.9 Å². The topological polar surface area (TPSA) is 461 Å². The molecule has 90 heavy (non-hydrogen) atoms. The van der Waals surface area contributed by atoms with Gasteiger partial charge in [-0.15, -0.1) is 0 Å². The summed E-state index contributed by atoms with van der Waals surface area (Å²) in [5.74, 6) is -6.50. The number of rotatable bonds is 25. The van der Waals surface area contributed by atoms with E-state index >= 15 is 0 Å². The van der Waals surface area contributed by atoms with Gasteiger partial charge in [0.15, 0.2) is 11.0 Å². The minimum absolute atomic E-state index is 0.0250. The van der Waals surface area contributed by atoms with Crippen LogP contribution in [-0.2, 0) is 51.9 Å². The fourth-order valence-electron chi connectivity index (χ4n) is 16.6. The van der Waals surface area contributed by atoms with Gasteiger partial charge in [-0.3, -0.25) is 42.6 Å². The number of phosphoric acid groups is 1. The molecule has 6 aliphatic heterocycles. The van der Waals surface area contributed by atoms with Crippen LogP contribution in [0, 0.1) is 59.2 Å². The quantitative estimate of drug-likeness (QED) is 0.0381. The van der Waals surface area contributed by atoms with E-state index < -0.39 is 156 Å². The van der Waals surface area contributed by atoms with Gasteiger partial charge in [0.25, 0.3) is 0 Å². The number of aryl methyl sites for hydroxylation is 2. The van der Waals surface area contributed by atoms with Crippen molar-refractivity contribution in [2.24, 2.45) is 84.7 Å². The third-order valence-electron chi connectivity index (χ3n) is 21.6. The molecule has 496 valence electrons. The monoisotopic (exact) mass is 1280 g/mol. The summed E-state index contributed by atoms with van der Waals surface area (Å²) < 4.78 is 32.2. The van der Waals surface area contributed by atoms with Crippen LogP contribution in [0.25, 0.3) is 11.0 Å². The Morgan fingerprint density at radius 2 is 1.38 bits per heavy atom. The number of nitrogens with zero attached hydrogens (tertiary/aromatic N) is 2. The first-order chi connectivity index (χ1) is 41.8. The molecule has 7 amide bonds. The van der Waals surface area contributed by atoms with E-state index in [4.69, 9.17) is 48.2 Å². The van der Waals surface area contributed by atoms with Crippen LogP contribution < -0.4 is 60.2 Å². The average molecular weight is 1280 g/mol.